The largest absolute Gasteiger partial charge is 0.338 e. The number of hydrogen-bond acceptors (Lipinski definition) is 1. The van der Waals surface area contributed by atoms with Gasteiger partial charge in [0.15, 0.2) is 0 Å². The molecule has 0 atom stereocenters. The SMILES string of the molecule is CCN(Cc1ccccc1)C(=O)NCC1CCCCC1. The molecule has 1 aliphatic rings. The maximum absolute atomic E-state index is 12.2. The zero-order valence-electron chi connectivity index (χ0n) is 12.5. The van der Waals surface area contributed by atoms with Crippen molar-refractivity contribution in [2.45, 2.75) is 45.6 Å². The number of benzene rings is 1. The third-order valence-electron chi connectivity index (χ3n) is 4.15. The van der Waals surface area contributed by atoms with Gasteiger partial charge in [-0.05, 0) is 31.2 Å². The predicted octanol–water partition coefficient (Wildman–Crippen LogP) is 3.80. The van der Waals surface area contributed by atoms with E-state index in [9.17, 15) is 4.79 Å². The lowest BCUT2D eigenvalue weighted by molar-refractivity contribution is 0.194. The summed E-state index contributed by atoms with van der Waals surface area (Å²) in [4.78, 5) is 14.1. The van der Waals surface area contributed by atoms with Crippen LogP contribution in [0.4, 0.5) is 4.79 Å². The summed E-state index contributed by atoms with van der Waals surface area (Å²) in [6.07, 6.45) is 6.54. The molecule has 0 radical (unpaired) electrons. The number of nitrogens with one attached hydrogen (secondary N) is 1. The summed E-state index contributed by atoms with van der Waals surface area (Å²) in [6.45, 7) is 4.30. The number of carbonyl (C=O) groups is 1. The van der Waals surface area contributed by atoms with E-state index in [1.165, 1.54) is 37.7 Å². The summed E-state index contributed by atoms with van der Waals surface area (Å²) in [5.74, 6) is 0.683. The van der Waals surface area contributed by atoms with E-state index in [-0.39, 0.29) is 6.03 Å². The highest BCUT2D eigenvalue weighted by molar-refractivity contribution is 5.74. The zero-order chi connectivity index (χ0) is 14.2. The van der Waals surface area contributed by atoms with Crippen molar-refractivity contribution in [1.82, 2.24) is 10.2 Å². The lowest BCUT2D eigenvalue weighted by atomic mass is 9.89. The highest BCUT2D eigenvalue weighted by Crippen LogP contribution is 2.22. The normalized spacial score (nSPS) is 15.8. The van der Waals surface area contributed by atoms with E-state index in [2.05, 4.69) is 17.4 Å². The Morgan fingerprint density at radius 3 is 2.55 bits per heavy atom. The van der Waals surface area contributed by atoms with E-state index < -0.39 is 0 Å². The van der Waals surface area contributed by atoms with Gasteiger partial charge in [-0.1, -0.05) is 49.6 Å². The topological polar surface area (TPSA) is 32.3 Å². The van der Waals surface area contributed by atoms with Crippen LogP contribution in [0, 0.1) is 5.92 Å². The number of urea groups is 1. The molecule has 1 saturated carbocycles. The lowest BCUT2D eigenvalue weighted by Crippen LogP contribution is -2.41. The van der Waals surface area contributed by atoms with Gasteiger partial charge in [0.1, 0.15) is 0 Å². The van der Waals surface area contributed by atoms with E-state index in [1.54, 1.807) is 0 Å². The maximum Gasteiger partial charge on any atom is 0.317 e. The van der Waals surface area contributed by atoms with Crippen molar-refractivity contribution >= 4 is 6.03 Å². The number of nitrogens with zero attached hydrogens (tertiary/aromatic N) is 1. The Morgan fingerprint density at radius 2 is 1.90 bits per heavy atom. The van der Waals surface area contributed by atoms with Gasteiger partial charge in [-0.3, -0.25) is 0 Å². The van der Waals surface area contributed by atoms with E-state index in [4.69, 9.17) is 0 Å². The first kappa shape index (κ1) is 14.9. The highest BCUT2D eigenvalue weighted by Gasteiger charge is 2.16. The molecule has 1 aliphatic carbocycles. The molecule has 0 heterocycles. The third-order valence-corrected chi connectivity index (χ3v) is 4.15. The Morgan fingerprint density at radius 1 is 1.20 bits per heavy atom. The van der Waals surface area contributed by atoms with Crippen molar-refractivity contribution in [1.29, 1.82) is 0 Å². The Balaban J connectivity index is 1.79. The lowest BCUT2D eigenvalue weighted by Gasteiger charge is -2.25. The fraction of sp³-hybridized carbons (Fsp3) is 0.588. The van der Waals surface area contributed by atoms with Crippen molar-refractivity contribution in [3.8, 4) is 0 Å². The molecular weight excluding hydrogens is 248 g/mol. The molecule has 0 spiro atoms. The molecule has 0 bridgehead atoms. The van der Waals surface area contributed by atoms with Crippen molar-refractivity contribution in [2.24, 2.45) is 5.92 Å². The molecule has 20 heavy (non-hydrogen) atoms. The van der Waals surface area contributed by atoms with Crippen molar-refractivity contribution in [3.63, 3.8) is 0 Å². The smallest absolute Gasteiger partial charge is 0.317 e. The predicted molar refractivity (Wildman–Crippen MR) is 82.5 cm³/mol. The second-order valence-corrected chi connectivity index (χ2v) is 5.69. The molecule has 1 aromatic carbocycles. The Kier molecular flexibility index (Phi) is 5.90. The molecule has 0 unspecified atom stereocenters. The first-order valence-corrected chi connectivity index (χ1v) is 7.86. The first-order valence-electron chi connectivity index (χ1n) is 7.86. The molecule has 0 saturated heterocycles. The van der Waals surface area contributed by atoms with E-state index in [0.717, 1.165) is 13.1 Å². The second-order valence-electron chi connectivity index (χ2n) is 5.69. The van der Waals surface area contributed by atoms with Crippen LogP contribution in [0.15, 0.2) is 30.3 Å². The number of carbonyl (C=O) groups excluding carboxylic acids is 1. The maximum atomic E-state index is 12.2. The number of hydrogen-bond donors (Lipinski definition) is 1. The van der Waals surface area contributed by atoms with Crippen LogP contribution in [0.3, 0.4) is 0 Å². The van der Waals surface area contributed by atoms with E-state index in [0.29, 0.717) is 12.5 Å². The van der Waals surface area contributed by atoms with Gasteiger partial charge in [-0.2, -0.15) is 0 Å². The zero-order valence-corrected chi connectivity index (χ0v) is 12.5. The number of amides is 2. The summed E-state index contributed by atoms with van der Waals surface area (Å²) < 4.78 is 0. The monoisotopic (exact) mass is 274 g/mol. The van der Waals surface area contributed by atoms with Crippen molar-refractivity contribution in [3.05, 3.63) is 35.9 Å². The van der Waals surface area contributed by atoms with E-state index >= 15 is 0 Å². The van der Waals surface area contributed by atoms with Crippen LogP contribution in [-0.4, -0.2) is 24.0 Å². The molecule has 3 nitrogen and oxygen atoms in total. The van der Waals surface area contributed by atoms with Crippen LogP contribution >= 0.6 is 0 Å². The Hall–Kier alpha value is -1.51. The second kappa shape index (κ2) is 7.93. The van der Waals surface area contributed by atoms with Crippen LogP contribution in [0.2, 0.25) is 0 Å². The minimum absolute atomic E-state index is 0.0712. The summed E-state index contributed by atoms with van der Waals surface area (Å²) in [5, 5.41) is 3.11. The first-order chi connectivity index (χ1) is 9.79. The quantitative estimate of drug-likeness (QED) is 0.870. The molecule has 110 valence electrons. The van der Waals surface area contributed by atoms with Gasteiger partial charge in [0.05, 0.1) is 0 Å². The Bertz CT molecular complexity index is 399. The third kappa shape index (κ3) is 4.55. The molecule has 1 fully saturated rings. The van der Waals surface area contributed by atoms with Gasteiger partial charge in [-0.15, -0.1) is 0 Å². The molecule has 3 heteroatoms. The minimum Gasteiger partial charge on any atom is -0.338 e. The molecule has 0 aromatic heterocycles. The van der Waals surface area contributed by atoms with Gasteiger partial charge in [0, 0.05) is 19.6 Å². The average Bonchev–Trinajstić information content (AvgIpc) is 2.52. The molecule has 2 amide bonds. The minimum atomic E-state index is 0.0712. The van der Waals surface area contributed by atoms with Gasteiger partial charge >= 0.3 is 6.03 Å². The van der Waals surface area contributed by atoms with Crippen LogP contribution in [0.5, 0.6) is 0 Å². The summed E-state index contributed by atoms with van der Waals surface area (Å²) in [7, 11) is 0. The molecule has 1 N–H and O–H groups in total. The van der Waals surface area contributed by atoms with Crippen LogP contribution < -0.4 is 5.32 Å². The molecule has 1 aromatic rings. The van der Waals surface area contributed by atoms with Crippen molar-refractivity contribution in [2.75, 3.05) is 13.1 Å². The summed E-state index contributed by atoms with van der Waals surface area (Å²) in [6, 6.07) is 10.2. The Labute approximate surface area is 122 Å². The fourth-order valence-electron chi connectivity index (χ4n) is 2.87. The molecular formula is C17H26N2O. The van der Waals surface area contributed by atoms with Gasteiger partial charge in [0.2, 0.25) is 0 Å². The van der Waals surface area contributed by atoms with Gasteiger partial charge in [-0.25, -0.2) is 4.79 Å². The molecule has 2 rings (SSSR count). The van der Waals surface area contributed by atoms with E-state index in [1.807, 2.05) is 30.0 Å². The van der Waals surface area contributed by atoms with Crippen LogP contribution in [-0.2, 0) is 6.54 Å². The number of rotatable bonds is 5. The van der Waals surface area contributed by atoms with Crippen LogP contribution in [0.1, 0.15) is 44.6 Å². The average molecular weight is 274 g/mol. The van der Waals surface area contributed by atoms with Gasteiger partial charge < -0.3 is 10.2 Å². The van der Waals surface area contributed by atoms with Crippen molar-refractivity contribution < 1.29 is 4.79 Å². The highest BCUT2D eigenvalue weighted by atomic mass is 16.2. The summed E-state index contributed by atoms with van der Waals surface area (Å²) in [5.41, 5.74) is 1.18. The fourth-order valence-corrected chi connectivity index (χ4v) is 2.87. The standard InChI is InChI=1S/C17H26N2O/c1-2-19(14-16-11-7-4-8-12-16)17(20)18-13-15-9-5-3-6-10-15/h4,7-8,11-12,15H,2-3,5-6,9-10,13-14H2,1H3,(H,18,20). The van der Waals surface area contributed by atoms with Crippen LogP contribution in [0.25, 0.3) is 0 Å². The summed E-state index contributed by atoms with van der Waals surface area (Å²) >= 11 is 0. The van der Waals surface area contributed by atoms with Gasteiger partial charge in [0.25, 0.3) is 0 Å². The molecule has 0 aliphatic heterocycles.